The van der Waals surface area contributed by atoms with Crippen molar-refractivity contribution in [3.8, 4) is 0 Å². The van der Waals surface area contributed by atoms with Crippen LogP contribution in [0.3, 0.4) is 0 Å². The number of carbonyl (C=O) groups excluding carboxylic acids is 3. The van der Waals surface area contributed by atoms with E-state index in [0.717, 1.165) is 6.42 Å². The minimum Gasteiger partial charge on any atom is -0.462 e. The number of benzene rings is 1. The molecule has 0 aliphatic heterocycles. The van der Waals surface area contributed by atoms with Gasteiger partial charge in [-0.05, 0) is 39.3 Å². The van der Waals surface area contributed by atoms with E-state index in [1.54, 1.807) is 45.0 Å². The van der Waals surface area contributed by atoms with Crippen LogP contribution < -0.4 is 10.6 Å². The molecule has 1 rings (SSSR count). The first-order valence-corrected chi connectivity index (χ1v) is 7.70. The van der Waals surface area contributed by atoms with Crippen molar-refractivity contribution in [1.29, 1.82) is 0 Å². The number of anilines is 1. The summed E-state index contributed by atoms with van der Waals surface area (Å²) >= 11 is 0. The van der Waals surface area contributed by atoms with Crippen molar-refractivity contribution >= 4 is 23.5 Å². The predicted octanol–water partition coefficient (Wildman–Crippen LogP) is 2.35. The van der Waals surface area contributed by atoms with E-state index in [1.165, 1.54) is 0 Å². The smallest absolute Gasteiger partial charge is 0.340 e. The summed E-state index contributed by atoms with van der Waals surface area (Å²) in [6.45, 7) is 7.48. The Bertz CT molecular complexity index is 582. The Morgan fingerprint density at radius 1 is 1.09 bits per heavy atom. The molecule has 0 fully saturated rings. The maximum Gasteiger partial charge on any atom is 0.340 e. The molecule has 0 heterocycles. The molecule has 1 aromatic carbocycles. The molecule has 23 heavy (non-hydrogen) atoms. The molecule has 0 aliphatic rings. The summed E-state index contributed by atoms with van der Waals surface area (Å²) in [6.07, 6.45) is 0.787. The largest absolute Gasteiger partial charge is 0.462 e. The van der Waals surface area contributed by atoms with Gasteiger partial charge in [0.15, 0.2) is 0 Å². The molecule has 1 aromatic rings. The fraction of sp³-hybridized carbons (Fsp3) is 0.471. The van der Waals surface area contributed by atoms with Crippen LogP contribution in [0.5, 0.6) is 0 Å². The third-order valence-corrected chi connectivity index (χ3v) is 3.34. The van der Waals surface area contributed by atoms with Gasteiger partial charge in [-0.3, -0.25) is 9.59 Å². The van der Waals surface area contributed by atoms with Crippen molar-refractivity contribution in [2.24, 2.45) is 5.41 Å². The first-order chi connectivity index (χ1) is 10.8. The fourth-order valence-electron chi connectivity index (χ4n) is 1.82. The monoisotopic (exact) mass is 320 g/mol. The zero-order valence-corrected chi connectivity index (χ0v) is 14.1. The van der Waals surface area contributed by atoms with Gasteiger partial charge >= 0.3 is 5.97 Å². The van der Waals surface area contributed by atoms with Crippen molar-refractivity contribution in [2.75, 3.05) is 18.5 Å². The summed E-state index contributed by atoms with van der Waals surface area (Å²) in [5.74, 6) is -1.36. The Hall–Kier alpha value is -2.37. The van der Waals surface area contributed by atoms with Crippen LogP contribution in [0.25, 0.3) is 0 Å². The van der Waals surface area contributed by atoms with Gasteiger partial charge < -0.3 is 15.4 Å². The summed E-state index contributed by atoms with van der Waals surface area (Å²) < 4.78 is 4.97. The molecule has 0 aromatic heterocycles. The van der Waals surface area contributed by atoms with Crippen LogP contribution in [0.4, 0.5) is 5.69 Å². The van der Waals surface area contributed by atoms with Crippen LogP contribution in [0.1, 0.15) is 44.5 Å². The summed E-state index contributed by atoms with van der Waals surface area (Å²) in [7, 11) is 0. The first kappa shape index (κ1) is 18.7. The number of hydrogen-bond donors (Lipinski definition) is 2. The SMILES string of the molecule is CCCNC(=O)C(C)(C)C(=O)Nc1ccccc1C(=O)OCC. The number of hydrogen-bond acceptors (Lipinski definition) is 4. The Kier molecular flexibility index (Phi) is 6.75. The molecule has 0 atom stereocenters. The second-order valence-electron chi connectivity index (χ2n) is 5.60. The van der Waals surface area contributed by atoms with E-state index < -0.39 is 17.3 Å². The number of ether oxygens (including phenoxy) is 1. The Morgan fingerprint density at radius 3 is 2.35 bits per heavy atom. The normalized spacial score (nSPS) is 10.8. The third kappa shape index (κ3) is 4.81. The van der Waals surface area contributed by atoms with E-state index in [0.29, 0.717) is 12.2 Å². The van der Waals surface area contributed by atoms with Crippen molar-refractivity contribution in [1.82, 2.24) is 5.32 Å². The zero-order chi connectivity index (χ0) is 17.5. The molecule has 2 amide bonds. The number of amides is 2. The van der Waals surface area contributed by atoms with Gasteiger partial charge in [-0.15, -0.1) is 0 Å². The van der Waals surface area contributed by atoms with E-state index in [-0.39, 0.29) is 18.1 Å². The van der Waals surface area contributed by atoms with Crippen LogP contribution in [0.2, 0.25) is 0 Å². The van der Waals surface area contributed by atoms with Crippen molar-refractivity contribution < 1.29 is 19.1 Å². The quantitative estimate of drug-likeness (QED) is 0.596. The van der Waals surface area contributed by atoms with Gasteiger partial charge in [0.2, 0.25) is 11.8 Å². The fourth-order valence-corrected chi connectivity index (χ4v) is 1.82. The minimum absolute atomic E-state index is 0.242. The van der Waals surface area contributed by atoms with Crippen LogP contribution in [0.15, 0.2) is 24.3 Å². The van der Waals surface area contributed by atoms with Crippen molar-refractivity contribution in [2.45, 2.75) is 34.1 Å². The van der Waals surface area contributed by atoms with Crippen LogP contribution >= 0.6 is 0 Å². The molecule has 0 bridgehead atoms. The predicted molar refractivity (Wildman–Crippen MR) is 88.1 cm³/mol. The maximum atomic E-state index is 12.4. The molecule has 0 spiro atoms. The lowest BCUT2D eigenvalue weighted by atomic mass is 9.90. The van der Waals surface area contributed by atoms with Gasteiger partial charge in [-0.2, -0.15) is 0 Å². The molecule has 6 heteroatoms. The number of nitrogens with one attached hydrogen (secondary N) is 2. The van der Waals surface area contributed by atoms with Crippen LogP contribution in [-0.2, 0) is 14.3 Å². The topological polar surface area (TPSA) is 84.5 Å². The molecule has 0 saturated carbocycles. The van der Waals surface area contributed by atoms with Gasteiger partial charge in [0.25, 0.3) is 0 Å². The Labute approximate surface area is 136 Å². The van der Waals surface area contributed by atoms with Gasteiger partial charge in [0.1, 0.15) is 5.41 Å². The lowest BCUT2D eigenvalue weighted by Gasteiger charge is -2.23. The summed E-state index contributed by atoms with van der Waals surface area (Å²) in [4.78, 5) is 36.5. The van der Waals surface area contributed by atoms with Crippen molar-refractivity contribution in [3.63, 3.8) is 0 Å². The number of esters is 1. The standard InChI is InChI=1S/C17H24N2O4/c1-5-11-18-15(21)17(3,4)16(22)19-13-10-8-7-9-12(13)14(20)23-6-2/h7-10H,5-6,11H2,1-4H3,(H,18,21)(H,19,22). The second kappa shape index (κ2) is 8.31. The Balaban J connectivity index is 2.93. The molecule has 0 radical (unpaired) electrons. The number of carbonyl (C=O) groups is 3. The van der Waals surface area contributed by atoms with Crippen LogP contribution in [0, 0.1) is 5.41 Å². The molecule has 0 aliphatic carbocycles. The minimum atomic E-state index is -1.25. The van der Waals surface area contributed by atoms with E-state index in [2.05, 4.69) is 10.6 Å². The number of para-hydroxylation sites is 1. The highest BCUT2D eigenvalue weighted by Gasteiger charge is 2.36. The highest BCUT2D eigenvalue weighted by molar-refractivity contribution is 6.11. The Morgan fingerprint density at radius 2 is 1.74 bits per heavy atom. The zero-order valence-electron chi connectivity index (χ0n) is 14.1. The van der Waals surface area contributed by atoms with Gasteiger partial charge in [0.05, 0.1) is 17.9 Å². The molecule has 126 valence electrons. The lowest BCUT2D eigenvalue weighted by Crippen LogP contribution is -2.45. The summed E-state index contributed by atoms with van der Waals surface area (Å²) in [5, 5.41) is 5.35. The van der Waals surface area contributed by atoms with E-state index in [1.807, 2.05) is 6.92 Å². The molecule has 0 unspecified atom stereocenters. The van der Waals surface area contributed by atoms with E-state index in [9.17, 15) is 14.4 Å². The number of rotatable bonds is 7. The van der Waals surface area contributed by atoms with Gasteiger partial charge in [-0.25, -0.2) is 4.79 Å². The highest BCUT2D eigenvalue weighted by Crippen LogP contribution is 2.22. The lowest BCUT2D eigenvalue weighted by molar-refractivity contribution is -0.138. The van der Waals surface area contributed by atoms with E-state index in [4.69, 9.17) is 4.74 Å². The van der Waals surface area contributed by atoms with Gasteiger partial charge in [0, 0.05) is 6.54 Å². The molecule has 6 nitrogen and oxygen atoms in total. The van der Waals surface area contributed by atoms with E-state index >= 15 is 0 Å². The molecule has 0 saturated heterocycles. The van der Waals surface area contributed by atoms with Gasteiger partial charge in [-0.1, -0.05) is 19.1 Å². The summed E-state index contributed by atoms with van der Waals surface area (Å²) in [6, 6.07) is 6.55. The third-order valence-electron chi connectivity index (χ3n) is 3.34. The van der Waals surface area contributed by atoms with Crippen molar-refractivity contribution in [3.05, 3.63) is 29.8 Å². The average molecular weight is 320 g/mol. The highest BCUT2D eigenvalue weighted by atomic mass is 16.5. The maximum absolute atomic E-state index is 12.4. The van der Waals surface area contributed by atoms with Crippen LogP contribution in [-0.4, -0.2) is 30.9 Å². The molecule has 2 N–H and O–H groups in total. The first-order valence-electron chi connectivity index (χ1n) is 7.70. The molecular formula is C17H24N2O4. The summed E-state index contributed by atoms with van der Waals surface area (Å²) in [5.41, 5.74) is -0.670. The molecular weight excluding hydrogens is 296 g/mol. The average Bonchev–Trinajstić information content (AvgIpc) is 2.53. The second-order valence-corrected chi connectivity index (χ2v) is 5.60.